The molecule has 0 unspecified atom stereocenters. The third kappa shape index (κ3) is 12.4. The number of ketones is 3. The Balaban J connectivity index is 0.000000296. The molecule has 276 valence electrons. The molecule has 10 nitrogen and oxygen atoms in total. The van der Waals surface area contributed by atoms with E-state index in [2.05, 4.69) is 13.8 Å². The molecule has 2 aromatic carbocycles. The van der Waals surface area contributed by atoms with Crippen LogP contribution in [0.4, 0.5) is 5.69 Å². The Hall–Kier alpha value is -4.44. The Morgan fingerprint density at radius 3 is 1.75 bits per heavy atom. The number of hydrogen-bond donors (Lipinski definition) is 1. The van der Waals surface area contributed by atoms with Gasteiger partial charge in [0.05, 0.1) is 23.2 Å². The zero-order valence-corrected chi connectivity index (χ0v) is 31.5. The van der Waals surface area contributed by atoms with Crippen molar-refractivity contribution >= 4 is 68.5 Å². The average molecular weight is 723 g/mol. The SMILES string of the molecule is CC(=O)c1ccc2c(c1)CC(=O)N2C(C)=O.CCCCCCCC(=O)Cl.CCCCCCCC(=O)c1c(O)n(C(C)=O)c2ccc(C(C)=O)cc12. The molecule has 1 N–H and O–H groups in total. The van der Waals surface area contributed by atoms with Crippen LogP contribution in [0.1, 0.15) is 160 Å². The summed E-state index contributed by atoms with van der Waals surface area (Å²) in [5, 5.41) is 10.7. The van der Waals surface area contributed by atoms with Crippen LogP contribution in [0.3, 0.4) is 0 Å². The third-order valence-corrected chi connectivity index (χ3v) is 8.75. The second kappa shape index (κ2) is 21.0. The minimum Gasteiger partial charge on any atom is -0.494 e. The lowest BCUT2D eigenvalue weighted by atomic mass is 10.0. The van der Waals surface area contributed by atoms with Crippen molar-refractivity contribution in [2.24, 2.45) is 0 Å². The van der Waals surface area contributed by atoms with Gasteiger partial charge in [-0.2, -0.15) is 0 Å². The maximum Gasteiger partial charge on any atom is 0.238 e. The highest BCUT2D eigenvalue weighted by Gasteiger charge is 2.30. The summed E-state index contributed by atoms with van der Waals surface area (Å²) in [4.78, 5) is 81.6. The number of aromatic hydroxyl groups is 1. The van der Waals surface area contributed by atoms with Gasteiger partial charge in [0, 0.05) is 43.2 Å². The monoisotopic (exact) mass is 722 g/mol. The maximum atomic E-state index is 12.7. The van der Waals surface area contributed by atoms with Crippen LogP contribution in [0, 0.1) is 0 Å². The number of Topliss-reactive ketones (excluding diaryl/α,β-unsaturated/α-hetero) is 3. The molecule has 0 saturated heterocycles. The zero-order chi connectivity index (χ0) is 38.2. The number of halogens is 1. The summed E-state index contributed by atoms with van der Waals surface area (Å²) >= 11 is 5.15. The van der Waals surface area contributed by atoms with Gasteiger partial charge in [-0.25, -0.2) is 0 Å². The van der Waals surface area contributed by atoms with Gasteiger partial charge >= 0.3 is 0 Å². The van der Waals surface area contributed by atoms with Crippen molar-refractivity contribution in [3.8, 4) is 5.88 Å². The van der Waals surface area contributed by atoms with Gasteiger partial charge in [0.2, 0.25) is 28.8 Å². The lowest BCUT2D eigenvalue weighted by Gasteiger charge is -2.12. The smallest absolute Gasteiger partial charge is 0.238 e. The predicted molar refractivity (Wildman–Crippen MR) is 200 cm³/mol. The number of carbonyl (C=O) groups is 7. The van der Waals surface area contributed by atoms with E-state index < -0.39 is 0 Å². The number of nitrogens with zero attached hydrogens (tertiary/aromatic N) is 2. The Kier molecular flexibility index (Phi) is 17.6. The number of unbranched alkanes of at least 4 members (excludes halogenated alkanes) is 8. The molecule has 1 aliphatic rings. The first-order chi connectivity index (χ1) is 24.2. The Morgan fingerprint density at radius 1 is 0.706 bits per heavy atom. The van der Waals surface area contributed by atoms with Gasteiger partial charge in [-0.15, -0.1) is 0 Å². The van der Waals surface area contributed by atoms with Crippen LogP contribution in [0.2, 0.25) is 0 Å². The van der Waals surface area contributed by atoms with Crippen LogP contribution in [-0.2, 0) is 20.8 Å². The van der Waals surface area contributed by atoms with Crippen molar-refractivity contribution in [3.05, 3.63) is 58.7 Å². The number of anilines is 1. The summed E-state index contributed by atoms with van der Waals surface area (Å²) in [6, 6.07) is 9.75. The molecule has 0 aliphatic carbocycles. The number of hydrogen-bond acceptors (Lipinski definition) is 8. The first kappa shape index (κ1) is 42.7. The van der Waals surface area contributed by atoms with E-state index in [1.54, 1.807) is 36.4 Å². The molecular weight excluding hydrogens is 672 g/mol. The zero-order valence-electron chi connectivity index (χ0n) is 30.7. The molecule has 0 atom stereocenters. The fraction of sp³-hybridized carbons (Fsp3) is 0.475. The highest BCUT2D eigenvalue weighted by molar-refractivity contribution is 6.63. The summed E-state index contributed by atoms with van der Waals surface area (Å²) in [6.45, 7) is 9.90. The number of aromatic nitrogens is 1. The number of imide groups is 1. The van der Waals surface area contributed by atoms with Crippen LogP contribution >= 0.6 is 11.6 Å². The summed E-state index contributed by atoms with van der Waals surface area (Å²) in [7, 11) is 0. The molecule has 11 heteroatoms. The molecule has 0 bridgehead atoms. The van der Waals surface area contributed by atoms with Gasteiger partial charge in [-0.3, -0.25) is 43.0 Å². The minimum absolute atomic E-state index is 0.0449. The maximum absolute atomic E-state index is 12.7. The van der Waals surface area contributed by atoms with E-state index in [1.807, 2.05) is 0 Å². The first-order valence-corrected chi connectivity index (χ1v) is 18.1. The summed E-state index contributed by atoms with van der Waals surface area (Å²) < 4.78 is 1.13. The molecule has 1 aromatic heterocycles. The molecular formula is C40H51ClN2O8. The summed E-state index contributed by atoms with van der Waals surface area (Å²) in [5.74, 6) is -1.60. The highest BCUT2D eigenvalue weighted by Crippen LogP contribution is 2.34. The van der Waals surface area contributed by atoms with E-state index in [0.29, 0.717) is 40.6 Å². The second-order valence-corrected chi connectivity index (χ2v) is 13.2. The Morgan fingerprint density at radius 2 is 1.24 bits per heavy atom. The Bertz CT molecular complexity index is 1760. The largest absolute Gasteiger partial charge is 0.494 e. The molecule has 51 heavy (non-hydrogen) atoms. The number of fused-ring (bicyclic) bond motifs is 2. The average Bonchev–Trinajstić information content (AvgIpc) is 3.56. The van der Waals surface area contributed by atoms with E-state index in [-0.39, 0.29) is 58.2 Å². The van der Waals surface area contributed by atoms with Crippen molar-refractivity contribution in [2.45, 2.75) is 125 Å². The summed E-state index contributed by atoms with van der Waals surface area (Å²) in [5.41, 5.74) is 2.95. The van der Waals surface area contributed by atoms with Crippen LogP contribution < -0.4 is 4.90 Å². The van der Waals surface area contributed by atoms with Crippen LogP contribution in [0.25, 0.3) is 10.9 Å². The van der Waals surface area contributed by atoms with E-state index >= 15 is 0 Å². The second-order valence-electron chi connectivity index (χ2n) is 12.8. The molecule has 0 saturated carbocycles. The van der Waals surface area contributed by atoms with Crippen molar-refractivity contribution in [1.29, 1.82) is 0 Å². The number of rotatable bonds is 15. The molecule has 0 spiro atoms. The number of amides is 2. The van der Waals surface area contributed by atoms with E-state index in [4.69, 9.17) is 11.6 Å². The van der Waals surface area contributed by atoms with Gasteiger partial charge in [0.15, 0.2) is 17.3 Å². The van der Waals surface area contributed by atoms with Crippen molar-refractivity contribution in [2.75, 3.05) is 4.90 Å². The van der Waals surface area contributed by atoms with E-state index in [1.165, 1.54) is 47.0 Å². The topological polar surface area (TPSA) is 148 Å². The van der Waals surface area contributed by atoms with Crippen molar-refractivity contribution in [1.82, 2.24) is 4.57 Å². The number of carbonyl (C=O) groups excluding carboxylic acids is 7. The summed E-state index contributed by atoms with van der Waals surface area (Å²) in [6.07, 6.45) is 12.0. The molecule has 1 aliphatic heterocycles. The Labute approximate surface area is 305 Å². The highest BCUT2D eigenvalue weighted by atomic mass is 35.5. The number of benzene rings is 2. The molecule has 3 aromatic rings. The van der Waals surface area contributed by atoms with Gasteiger partial charge < -0.3 is 5.11 Å². The lowest BCUT2D eigenvalue weighted by Crippen LogP contribution is -2.31. The van der Waals surface area contributed by atoms with Crippen molar-refractivity contribution in [3.63, 3.8) is 0 Å². The first-order valence-electron chi connectivity index (χ1n) is 17.7. The molecule has 4 rings (SSSR count). The van der Waals surface area contributed by atoms with Crippen molar-refractivity contribution < 1.29 is 38.7 Å². The van der Waals surface area contributed by atoms with E-state index in [0.717, 1.165) is 60.0 Å². The third-order valence-electron chi connectivity index (χ3n) is 8.56. The predicted octanol–water partition coefficient (Wildman–Crippen LogP) is 9.19. The lowest BCUT2D eigenvalue weighted by molar-refractivity contribution is -0.124. The van der Waals surface area contributed by atoms with Gasteiger partial charge in [-0.05, 0) is 80.3 Å². The van der Waals surface area contributed by atoms with Crippen LogP contribution in [0.5, 0.6) is 5.88 Å². The minimum atomic E-state index is -0.375. The van der Waals surface area contributed by atoms with E-state index in [9.17, 15) is 38.7 Å². The quantitative estimate of drug-likeness (QED) is 0.0927. The fourth-order valence-corrected chi connectivity index (χ4v) is 5.99. The van der Waals surface area contributed by atoms with Gasteiger partial charge in [-0.1, -0.05) is 65.2 Å². The molecule has 0 fully saturated rings. The fourth-order valence-electron chi connectivity index (χ4n) is 5.86. The molecule has 2 amide bonds. The molecule has 0 radical (unpaired) electrons. The van der Waals surface area contributed by atoms with Gasteiger partial charge in [0.25, 0.3) is 0 Å². The van der Waals surface area contributed by atoms with Crippen LogP contribution in [0.15, 0.2) is 36.4 Å². The standard InChI is InChI=1S/C20H25NO4.C12H11NO3.C8H15ClO/c1-4-5-6-7-8-9-18(24)19-16-12-15(13(2)22)10-11-17(16)21(14(3)23)20(19)25;1-7(14)9-3-4-11-10(5-9)6-12(16)13(11)8(2)15;1-2-3-4-5-6-7-8(9)10/h10-12,25H,4-9H2,1-3H3;3-5H,6H2,1-2H3;2-7H2,1H3. The van der Waals surface area contributed by atoms with Gasteiger partial charge in [0.1, 0.15) is 0 Å². The molecule has 2 heterocycles. The normalized spacial score (nSPS) is 11.7. The van der Waals surface area contributed by atoms with Crippen LogP contribution in [-0.4, -0.2) is 50.0 Å².